The van der Waals surface area contributed by atoms with Crippen molar-refractivity contribution in [1.29, 1.82) is 0 Å². The van der Waals surface area contributed by atoms with E-state index in [1.807, 2.05) is 43.3 Å². The molecule has 4 aromatic rings. The molecule has 0 bridgehead atoms. The molecule has 1 amide bonds. The monoisotopic (exact) mass is 529 g/mol. The lowest BCUT2D eigenvalue weighted by Gasteiger charge is -2.41. The van der Waals surface area contributed by atoms with Crippen LogP contribution in [-0.2, 0) is 6.54 Å². The van der Waals surface area contributed by atoms with Crippen LogP contribution in [0.15, 0.2) is 55.0 Å². The fourth-order valence-electron chi connectivity index (χ4n) is 5.80. The number of anilines is 2. The Balaban J connectivity index is 1.20. The summed E-state index contributed by atoms with van der Waals surface area (Å²) in [6.07, 6.45) is 6.91. The highest BCUT2D eigenvalue weighted by atomic mass is 19.1. The van der Waals surface area contributed by atoms with Crippen molar-refractivity contribution >= 4 is 23.1 Å². The number of likely N-dealkylation sites (N-methyl/N-ethyl adjacent to an activating group) is 1. The lowest BCUT2D eigenvalue weighted by molar-refractivity contribution is 0.00368. The number of imidazole rings is 1. The van der Waals surface area contributed by atoms with Crippen LogP contribution >= 0.6 is 0 Å². The predicted molar refractivity (Wildman–Crippen MR) is 148 cm³/mol. The molecule has 1 atom stereocenters. The molecule has 5 heterocycles. The highest BCUT2D eigenvalue weighted by molar-refractivity contribution is 6.01. The van der Waals surface area contributed by atoms with Gasteiger partial charge in [0.2, 0.25) is 0 Å². The molecule has 1 fully saturated rings. The van der Waals surface area contributed by atoms with Crippen molar-refractivity contribution in [3.63, 3.8) is 0 Å². The second-order valence-electron chi connectivity index (χ2n) is 10.9. The van der Waals surface area contributed by atoms with E-state index in [9.17, 15) is 14.3 Å². The molecule has 39 heavy (non-hydrogen) atoms. The zero-order valence-corrected chi connectivity index (χ0v) is 22.4. The van der Waals surface area contributed by atoms with Crippen molar-refractivity contribution in [2.75, 3.05) is 44.1 Å². The van der Waals surface area contributed by atoms with Gasteiger partial charge in [-0.15, -0.1) is 0 Å². The molecule has 2 N–H and O–H groups in total. The van der Waals surface area contributed by atoms with E-state index in [0.29, 0.717) is 36.6 Å². The number of halogens is 1. The minimum absolute atomic E-state index is 0.154. The van der Waals surface area contributed by atoms with Gasteiger partial charge in [0.25, 0.3) is 5.91 Å². The number of hydrogen-bond acceptors (Lipinski definition) is 7. The molecule has 3 aromatic heterocycles. The lowest BCUT2D eigenvalue weighted by atomic mass is 9.92. The van der Waals surface area contributed by atoms with Crippen molar-refractivity contribution < 1.29 is 14.3 Å². The zero-order valence-electron chi connectivity index (χ0n) is 22.4. The summed E-state index contributed by atoms with van der Waals surface area (Å²) in [6, 6.07) is 11.1. The summed E-state index contributed by atoms with van der Waals surface area (Å²) in [5.41, 5.74) is 7.13. The summed E-state index contributed by atoms with van der Waals surface area (Å²) in [7, 11) is 3.94. The number of aryl methyl sites for hydroxylation is 1. The third kappa shape index (κ3) is 4.59. The number of aromatic nitrogens is 3. The van der Waals surface area contributed by atoms with Crippen LogP contribution < -0.4 is 10.3 Å². The summed E-state index contributed by atoms with van der Waals surface area (Å²) in [5.74, 6) is 0.0462. The van der Waals surface area contributed by atoms with Gasteiger partial charge in [0.1, 0.15) is 5.82 Å². The first-order valence-electron chi connectivity index (χ1n) is 13.1. The van der Waals surface area contributed by atoms with Crippen LogP contribution in [0.3, 0.4) is 0 Å². The smallest absolute Gasteiger partial charge is 0.272 e. The van der Waals surface area contributed by atoms with Crippen molar-refractivity contribution in [3.05, 3.63) is 77.5 Å². The van der Waals surface area contributed by atoms with Gasteiger partial charge in [-0.3, -0.25) is 14.6 Å². The topological polar surface area (TPSA) is 89.2 Å². The third-order valence-corrected chi connectivity index (χ3v) is 7.59. The van der Waals surface area contributed by atoms with Crippen LogP contribution in [0.4, 0.5) is 15.9 Å². The van der Waals surface area contributed by atoms with E-state index in [1.54, 1.807) is 47.1 Å². The van der Waals surface area contributed by atoms with Gasteiger partial charge in [-0.2, -0.15) is 0 Å². The van der Waals surface area contributed by atoms with E-state index >= 15 is 0 Å². The van der Waals surface area contributed by atoms with Gasteiger partial charge in [0.05, 0.1) is 35.9 Å². The van der Waals surface area contributed by atoms with Crippen LogP contribution in [0.2, 0.25) is 0 Å². The minimum atomic E-state index is -0.754. The Morgan fingerprint density at radius 3 is 2.72 bits per heavy atom. The minimum Gasteiger partial charge on any atom is -0.387 e. The van der Waals surface area contributed by atoms with Crippen molar-refractivity contribution in [2.45, 2.75) is 31.9 Å². The average Bonchev–Trinajstić information content (AvgIpc) is 3.47. The maximum absolute atomic E-state index is 14.6. The number of amides is 1. The van der Waals surface area contributed by atoms with Crippen LogP contribution in [0, 0.1) is 12.7 Å². The van der Waals surface area contributed by atoms with E-state index in [4.69, 9.17) is 0 Å². The molecule has 6 rings (SSSR count). The van der Waals surface area contributed by atoms with E-state index in [0.717, 1.165) is 41.9 Å². The van der Waals surface area contributed by atoms with Gasteiger partial charge < -0.3 is 14.9 Å². The number of carbonyl (C=O) groups is 1. The van der Waals surface area contributed by atoms with Gasteiger partial charge in [0.15, 0.2) is 11.5 Å². The number of fused-ring (bicyclic) bond motifs is 2. The Hall–Kier alpha value is -4.02. The number of hydrogen-bond donors (Lipinski definition) is 2. The Labute approximate surface area is 226 Å². The summed E-state index contributed by atoms with van der Waals surface area (Å²) in [5, 5.41) is 12.6. The van der Waals surface area contributed by atoms with Crippen molar-refractivity contribution in [2.24, 2.45) is 0 Å². The van der Waals surface area contributed by atoms with Crippen molar-refractivity contribution in [1.82, 2.24) is 24.3 Å². The van der Waals surface area contributed by atoms with Crippen LogP contribution in [-0.4, -0.2) is 74.6 Å². The van der Waals surface area contributed by atoms with Gasteiger partial charge in [0, 0.05) is 37.0 Å². The number of hydrazine groups is 1. The number of pyridine rings is 2. The maximum atomic E-state index is 14.6. The van der Waals surface area contributed by atoms with Gasteiger partial charge in [-0.1, -0.05) is 12.1 Å². The molecular formula is C29H32FN7O2. The number of β-amino-alcohol motifs (C(OH)–C–C–N with tert-alkyl or cyclic N) is 1. The number of piperidine rings is 1. The zero-order chi connectivity index (χ0) is 27.3. The first-order valence-corrected chi connectivity index (χ1v) is 13.1. The number of benzene rings is 1. The molecule has 202 valence electrons. The van der Waals surface area contributed by atoms with Crippen molar-refractivity contribution in [3.8, 4) is 11.3 Å². The van der Waals surface area contributed by atoms with E-state index in [2.05, 4.69) is 20.3 Å². The van der Waals surface area contributed by atoms with Gasteiger partial charge in [-0.25, -0.2) is 19.4 Å². The van der Waals surface area contributed by atoms with Crippen LogP contribution in [0.5, 0.6) is 0 Å². The molecule has 10 heteroatoms. The van der Waals surface area contributed by atoms with Crippen LogP contribution in [0.25, 0.3) is 16.9 Å². The Kier molecular flexibility index (Phi) is 6.23. The van der Waals surface area contributed by atoms with E-state index in [-0.39, 0.29) is 17.4 Å². The summed E-state index contributed by atoms with van der Waals surface area (Å²) in [6.45, 7) is 4.07. The number of nitrogens with one attached hydrogen (secondary N) is 1. The fourth-order valence-corrected chi connectivity index (χ4v) is 5.80. The molecule has 1 saturated heterocycles. The number of rotatable bonds is 6. The molecule has 1 unspecified atom stereocenters. The highest BCUT2D eigenvalue weighted by Gasteiger charge is 2.34. The Morgan fingerprint density at radius 1 is 1.13 bits per heavy atom. The first kappa shape index (κ1) is 25.3. The molecule has 0 saturated carbocycles. The fraction of sp³-hybridized carbons (Fsp3) is 0.345. The van der Waals surface area contributed by atoms with E-state index < -0.39 is 5.60 Å². The number of carbonyl (C=O) groups excluding carboxylic acids is 1. The second kappa shape index (κ2) is 9.62. The maximum Gasteiger partial charge on any atom is 0.272 e. The molecule has 0 aliphatic carbocycles. The standard InChI is InChI=1S/C29H32FN7O2/c1-19-10-13-36-24(15-32-27(36)26(19)30)21-6-4-7-22-23(21)16-37(28(22)38)33-25-9-8-20(14-31-25)35-12-5-11-29(39,18-35)17-34(2)3/h4,6-10,13-15,39H,5,11-12,16-18H2,1-3H3,(H,31,33). The number of aliphatic hydroxyl groups is 1. The molecule has 2 aliphatic rings. The Bertz CT molecular complexity index is 1550. The molecule has 9 nitrogen and oxygen atoms in total. The third-order valence-electron chi connectivity index (χ3n) is 7.59. The summed E-state index contributed by atoms with van der Waals surface area (Å²) in [4.78, 5) is 26.3. The second-order valence-corrected chi connectivity index (χ2v) is 10.9. The average molecular weight is 530 g/mol. The quantitative estimate of drug-likeness (QED) is 0.394. The lowest BCUT2D eigenvalue weighted by Crippen LogP contribution is -2.53. The van der Waals surface area contributed by atoms with Crippen LogP contribution in [0.1, 0.15) is 34.3 Å². The van der Waals surface area contributed by atoms with Gasteiger partial charge in [-0.05, 0) is 69.3 Å². The largest absolute Gasteiger partial charge is 0.387 e. The molecule has 1 aromatic carbocycles. The molecule has 0 spiro atoms. The molecule has 0 radical (unpaired) electrons. The highest BCUT2D eigenvalue weighted by Crippen LogP contribution is 2.34. The first-order chi connectivity index (χ1) is 18.7. The molecular weight excluding hydrogens is 497 g/mol. The normalized spacial score (nSPS) is 19.3. The SMILES string of the molecule is Cc1ccn2c(-c3cccc4c3CN(Nc3ccc(N5CCCC(O)(CN(C)C)C5)cn3)C4=O)cnc2c1F. The Morgan fingerprint density at radius 2 is 1.95 bits per heavy atom. The predicted octanol–water partition coefficient (Wildman–Crippen LogP) is 3.72. The number of nitrogens with zero attached hydrogens (tertiary/aromatic N) is 6. The molecule has 2 aliphatic heterocycles. The summed E-state index contributed by atoms with van der Waals surface area (Å²) < 4.78 is 16.3. The van der Waals surface area contributed by atoms with E-state index in [1.165, 1.54) is 0 Å². The summed E-state index contributed by atoms with van der Waals surface area (Å²) >= 11 is 0. The van der Waals surface area contributed by atoms with Gasteiger partial charge >= 0.3 is 0 Å².